The second-order valence-corrected chi connectivity index (χ2v) is 4.38. The van der Waals surface area contributed by atoms with Crippen LogP contribution in [0.1, 0.15) is 11.1 Å². The van der Waals surface area contributed by atoms with Crippen LogP contribution in [0.4, 0.5) is 0 Å². The highest BCUT2D eigenvalue weighted by atomic mass is 35.5. The lowest BCUT2D eigenvalue weighted by atomic mass is 10.0. The predicted molar refractivity (Wildman–Crippen MR) is 67.0 cm³/mol. The van der Waals surface area contributed by atoms with Gasteiger partial charge in [-0.25, -0.2) is 9.97 Å². The summed E-state index contributed by atoms with van der Waals surface area (Å²) < 4.78 is 0. The molecule has 0 fully saturated rings. The maximum Gasteiger partial charge on any atom is 0.163 e. The van der Waals surface area contributed by atoms with Crippen molar-refractivity contribution < 1.29 is 0 Å². The van der Waals surface area contributed by atoms with Crippen LogP contribution in [0.3, 0.4) is 0 Å². The van der Waals surface area contributed by atoms with E-state index in [-0.39, 0.29) is 0 Å². The van der Waals surface area contributed by atoms with E-state index in [1.54, 1.807) is 0 Å². The molecule has 0 amide bonds. The van der Waals surface area contributed by atoms with E-state index in [0.717, 1.165) is 16.7 Å². The standard InChI is InChI=1S/C12H10Cl2N2/c1-7-4-3-5-8(2)11(7)12-15-9(13)6-10(14)16-12/h3-6H,1-2H3. The molecule has 0 atom stereocenters. The molecule has 2 nitrogen and oxygen atoms in total. The van der Waals surface area contributed by atoms with Crippen LogP contribution in [0.2, 0.25) is 10.3 Å². The van der Waals surface area contributed by atoms with Crippen LogP contribution in [0.25, 0.3) is 11.4 Å². The van der Waals surface area contributed by atoms with Crippen molar-refractivity contribution in [1.82, 2.24) is 9.97 Å². The van der Waals surface area contributed by atoms with Crippen LogP contribution < -0.4 is 0 Å². The van der Waals surface area contributed by atoms with Crippen molar-refractivity contribution in [2.45, 2.75) is 13.8 Å². The first-order chi connectivity index (χ1) is 7.58. The van der Waals surface area contributed by atoms with Gasteiger partial charge in [0.15, 0.2) is 5.82 Å². The number of rotatable bonds is 1. The molecule has 0 saturated carbocycles. The van der Waals surface area contributed by atoms with Gasteiger partial charge in [-0.2, -0.15) is 0 Å². The fourth-order valence-corrected chi connectivity index (χ4v) is 2.09. The van der Waals surface area contributed by atoms with Gasteiger partial charge in [0.2, 0.25) is 0 Å². The first-order valence-corrected chi connectivity index (χ1v) is 5.60. The summed E-state index contributed by atoms with van der Waals surface area (Å²) >= 11 is 11.7. The summed E-state index contributed by atoms with van der Waals surface area (Å²) in [4.78, 5) is 8.39. The van der Waals surface area contributed by atoms with Crippen LogP contribution in [-0.4, -0.2) is 9.97 Å². The van der Waals surface area contributed by atoms with Gasteiger partial charge in [-0.1, -0.05) is 41.4 Å². The van der Waals surface area contributed by atoms with Gasteiger partial charge in [-0.05, 0) is 25.0 Å². The Balaban J connectivity index is 2.67. The zero-order chi connectivity index (χ0) is 11.7. The summed E-state index contributed by atoms with van der Waals surface area (Å²) in [5, 5.41) is 0.718. The Kier molecular flexibility index (Phi) is 3.13. The van der Waals surface area contributed by atoms with Crippen molar-refractivity contribution in [3.05, 3.63) is 45.7 Å². The van der Waals surface area contributed by atoms with Crippen molar-refractivity contribution in [3.63, 3.8) is 0 Å². The molecule has 16 heavy (non-hydrogen) atoms. The molecule has 0 bridgehead atoms. The third-order valence-electron chi connectivity index (χ3n) is 2.37. The second kappa shape index (κ2) is 4.40. The molecule has 0 unspecified atom stereocenters. The SMILES string of the molecule is Cc1cccc(C)c1-c1nc(Cl)cc(Cl)n1. The molecule has 0 saturated heterocycles. The third kappa shape index (κ3) is 2.18. The maximum atomic E-state index is 5.87. The molecule has 0 radical (unpaired) electrons. The van der Waals surface area contributed by atoms with Crippen LogP contribution in [-0.2, 0) is 0 Å². The Bertz CT molecular complexity index is 498. The molecule has 1 aromatic heterocycles. The molecule has 0 spiro atoms. The van der Waals surface area contributed by atoms with E-state index in [1.165, 1.54) is 6.07 Å². The zero-order valence-electron chi connectivity index (χ0n) is 8.96. The Morgan fingerprint density at radius 2 is 1.44 bits per heavy atom. The summed E-state index contributed by atoms with van der Waals surface area (Å²) in [5.41, 5.74) is 3.21. The van der Waals surface area contributed by atoms with Crippen LogP contribution in [0.15, 0.2) is 24.3 Å². The van der Waals surface area contributed by atoms with Gasteiger partial charge in [0.1, 0.15) is 10.3 Å². The van der Waals surface area contributed by atoms with Gasteiger partial charge >= 0.3 is 0 Å². The van der Waals surface area contributed by atoms with Gasteiger partial charge in [-0.15, -0.1) is 0 Å². The molecule has 0 N–H and O–H groups in total. The highest BCUT2D eigenvalue weighted by Crippen LogP contribution is 2.26. The van der Waals surface area contributed by atoms with Crippen molar-refractivity contribution in [1.29, 1.82) is 0 Å². The van der Waals surface area contributed by atoms with E-state index < -0.39 is 0 Å². The highest BCUT2D eigenvalue weighted by molar-refractivity contribution is 6.33. The van der Waals surface area contributed by atoms with Crippen LogP contribution in [0, 0.1) is 13.8 Å². The minimum absolute atomic E-state index is 0.359. The normalized spacial score (nSPS) is 10.5. The Morgan fingerprint density at radius 1 is 0.938 bits per heavy atom. The molecule has 0 aliphatic heterocycles. The molecule has 2 aromatic rings. The molecule has 1 heterocycles. The highest BCUT2D eigenvalue weighted by Gasteiger charge is 2.09. The topological polar surface area (TPSA) is 25.8 Å². The van der Waals surface area contributed by atoms with Gasteiger partial charge in [0, 0.05) is 11.6 Å². The lowest BCUT2D eigenvalue weighted by molar-refractivity contribution is 1.16. The molecule has 82 valence electrons. The Morgan fingerprint density at radius 3 is 1.94 bits per heavy atom. The third-order valence-corrected chi connectivity index (χ3v) is 2.76. The number of nitrogens with zero attached hydrogens (tertiary/aromatic N) is 2. The van der Waals surface area contributed by atoms with E-state index in [4.69, 9.17) is 23.2 Å². The van der Waals surface area contributed by atoms with E-state index in [9.17, 15) is 0 Å². The molecule has 0 aliphatic carbocycles. The second-order valence-electron chi connectivity index (χ2n) is 3.60. The average Bonchev–Trinajstić information content (AvgIpc) is 2.15. The number of hydrogen-bond donors (Lipinski definition) is 0. The summed E-state index contributed by atoms with van der Waals surface area (Å²) in [6, 6.07) is 7.56. The lowest BCUT2D eigenvalue weighted by Crippen LogP contribution is -1.95. The number of aryl methyl sites for hydroxylation is 2. The Labute approximate surface area is 104 Å². The monoisotopic (exact) mass is 252 g/mol. The fraction of sp³-hybridized carbons (Fsp3) is 0.167. The molecule has 2 rings (SSSR count). The van der Waals surface area contributed by atoms with Gasteiger partial charge in [-0.3, -0.25) is 0 Å². The summed E-state index contributed by atoms with van der Waals surface area (Å²) in [6.45, 7) is 4.03. The van der Waals surface area contributed by atoms with E-state index in [0.29, 0.717) is 16.1 Å². The minimum Gasteiger partial charge on any atom is -0.216 e. The maximum absolute atomic E-state index is 5.87. The van der Waals surface area contributed by atoms with Crippen LogP contribution in [0.5, 0.6) is 0 Å². The van der Waals surface area contributed by atoms with E-state index >= 15 is 0 Å². The van der Waals surface area contributed by atoms with E-state index in [1.807, 2.05) is 32.0 Å². The summed E-state index contributed by atoms with van der Waals surface area (Å²) in [7, 11) is 0. The van der Waals surface area contributed by atoms with Crippen molar-refractivity contribution in [2.24, 2.45) is 0 Å². The van der Waals surface area contributed by atoms with Crippen molar-refractivity contribution in [3.8, 4) is 11.4 Å². The predicted octanol–water partition coefficient (Wildman–Crippen LogP) is 4.07. The van der Waals surface area contributed by atoms with Crippen molar-refractivity contribution >= 4 is 23.2 Å². The van der Waals surface area contributed by atoms with Gasteiger partial charge in [0.05, 0.1) is 0 Å². The minimum atomic E-state index is 0.359. The molecular formula is C12H10Cl2N2. The largest absolute Gasteiger partial charge is 0.216 e. The number of halogens is 2. The summed E-state index contributed by atoms with van der Waals surface area (Å²) in [5.74, 6) is 0.577. The quantitative estimate of drug-likeness (QED) is 0.716. The smallest absolute Gasteiger partial charge is 0.163 e. The first-order valence-electron chi connectivity index (χ1n) is 4.84. The number of aromatic nitrogens is 2. The molecule has 1 aromatic carbocycles. The summed E-state index contributed by atoms with van der Waals surface area (Å²) in [6.07, 6.45) is 0. The van der Waals surface area contributed by atoms with Gasteiger partial charge < -0.3 is 0 Å². The fourth-order valence-electron chi connectivity index (χ4n) is 1.67. The molecular weight excluding hydrogens is 243 g/mol. The van der Waals surface area contributed by atoms with E-state index in [2.05, 4.69) is 9.97 Å². The first kappa shape index (κ1) is 11.4. The zero-order valence-corrected chi connectivity index (χ0v) is 10.5. The van der Waals surface area contributed by atoms with Crippen molar-refractivity contribution in [2.75, 3.05) is 0 Å². The van der Waals surface area contributed by atoms with Crippen LogP contribution >= 0.6 is 23.2 Å². The average molecular weight is 253 g/mol. The van der Waals surface area contributed by atoms with Gasteiger partial charge in [0.25, 0.3) is 0 Å². The molecule has 4 heteroatoms. The number of hydrogen-bond acceptors (Lipinski definition) is 2. The molecule has 0 aliphatic rings. The lowest BCUT2D eigenvalue weighted by Gasteiger charge is -2.08. The number of benzene rings is 1. The Hall–Kier alpha value is -1.12.